The van der Waals surface area contributed by atoms with E-state index in [2.05, 4.69) is 14.9 Å². The van der Waals surface area contributed by atoms with E-state index >= 15 is 0 Å². The maximum atomic E-state index is 5.89. The van der Waals surface area contributed by atoms with E-state index in [0.717, 1.165) is 62.1 Å². The van der Waals surface area contributed by atoms with E-state index in [-0.39, 0.29) is 0 Å². The Kier molecular flexibility index (Phi) is 5.38. The summed E-state index contributed by atoms with van der Waals surface area (Å²) in [5.41, 5.74) is 2.18. The number of nitrogens with zero attached hydrogens (tertiary/aromatic N) is 3. The van der Waals surface area contributed by atoms with E-state index in [1.165, 1.54) is 5.56 Å². The maximum Gasteiger partial charge on any atom is 0.159 e. The van der Waals surface area contributed by atoms with Gasteiger partial charge in [0.25, 0.3) is 0 Å². The number of benzene rings is 1. The summed E-state index contributed by atoms with van der Waals surface area (Å²) in [6.45, 7) is 4.93. The molecule has 1 fully saturated rings. The standard InChI is InChI=1S/C17H20ClN3O/c18-16-5-3-15(4-6-16)17-19-12-14(13-20-17)2-1-7-21-8-10-22-11-9-21/h3-6,12-13H,1-2,7-11H2. The minimum Gasteiger partial charge on any atom is -0.379 e. The molecule has 2 heterocycles. The van der Waals surface area contributed by atoms with Crippen LogP contribution < -0.4 is 0 Å². The lowest BCUT2D eigenvalue weighted by atomic mass is 10.1. The lowest BCUT2D eigenvalue weighted by molar-refractivity contribution is 0.0374. The molecule has 0 amide bonds. The summed E-state index contributed by atoms with van der Waals surface area (Å²) < 4.78 is 5.36. The van der Waals surface area contributed by atoms with E-state index in [4.69, 9.17) is 16.3 Å². The summed E-state index contributed by atoms with van der Waals surface area (Å²) in [6, 6.07) is 7.60. The molecular formula is C17H20ClN3O. The Hall–Kier alpha value is -1.49. The minimum atomic E-state index is 0.725. The summed E-state index contributed by atoms with van der Waals surface area (Å²) in [5, 5.41) is 0.725. The molecule has 116 valence electrons. The zero-order chi connectivity index (χ0) is 15.2. The zero-order valence-corrected chi connectivity index (χ0v) is 13.3. The maximum absolute atomic E-state index is 5.89. The van der Waals surface area contributed by atoms with Gasteiger partial charge in [0.2, 0.25) is 0 Å². The number of rotatable bonds is 5. The van der Waals surface area contributed by atoms with E-state index in [1.54, 1.807) is 0 Å². The largest absolute Gasteiger partial charge is 0.379 e. The van der Waals surface area contributed by atoms with Crippen molar-refractivity contribution in [1.29, 1.82) is 0 Å². The predicted octanol–water partition coefficient (Wildman–Crippen LogP) is 3.06. The molecule has 0 aliphatic carbocycles. The second-order valence-corrected chi connectivity index (χ2v) is 5.92. The molecular weight excluding hydrogens is 298 g/mol. The van der Waals surface area contributed by atoms with Crippen molar-refractivity contribution in [2.75, 3.05) is 32.8 Å². The lowest BCUT2D eigenvalue weighted by Gasteiger charge is -2.26. The first kappa shape index (κ1) is 15.4. The molecule has 22 heavy (non-hydrogen) atoms. The first-order valence-electron chi connectivity index (χ1n) is 7.68. The highest BCUT2D eigenvalue weighted by molar-refractivity contribution is 6.30. The normalized spacial score (nSPS) is 15.9. The smallest absolute Gasteiger partial charge is 0.159 e. The minimum absolute atomic E-state index is 0.725. The fraction of sp³-hybridized carbons (Fsp3) is 0.412. The van der Waals surface area contributed by atoms with Gasteiger partial charge in [0, 0.05) is 36.1 Å². The van der Waals surface area contributed by atoms with Gasteiger partial charge in [-0.1, -0.05) is 11.6 Å². The van der Waals surface area contributed by atoms with Crippen LogP contribution in [-0.4, -0.2) is 47.7 Å². The van der Waals surface area contributed by atoms with E-state index in [9.17, 15) is 0 Å². The number of morpholine rings is 1. The number of hydrogen-bond donors (Lipinski definition) is 0. The average Bonchev–Trinajstić information content (AvgIpc) is 2.57. The molecule has 0 saturated carbocycles. The molecule has 1 aliphatic heterocycles. The molecule has 1 aromatic heterocycles. The van der Waals surface area contributed by atoms with Crippen LogP contribution in [0.1, 0.15) is 12.0 Å². The Morgan fingerprint density at radius 3 is 2.41 bits per heavy atom. The Morgan fingerprint density at radius 1 is 1.05 bits per heavy atom. The van der Waals surface area contributed by atoms with E-state index < -0.39 is 0 Å². The predicted molar refractivity (Wildman–Crippen MR) is 88.1 cm³/mol. The Morgan fingerprint density at radius 2 is 1.73 bits per heavy atom. The molecule has 2 aromatic rings. The van der Waals surface area contributed by atoms with Crippen molar-refractivity contribution in [3.63, 3.8) is 0 Å². The molecule has 4 nitrogen and oxygen atoms in total. The zero-order valence-electron chi connectivity index (χ0n) is 12.5. The topological polar surface area (TPSA) is 38.2 Å². The van der Waals surface area contributed by atoms with Gasteiger partial charge in [0.15, 0.2) is 5.82 Å². The van der Waals surface area contributed by atoms with Crippen LogP contribution in [0.2, 0.25) is 5.02 Å². The molecule has 0 bridgehead atoms. The monoisotopic (exact) mass is 317 g/mol. The first-order chi connectivity index (χ1) is 10.8. The van der Waals surface area contributed by atoms with Crippen molar-refractivity contribution >= 4 is 11.6 Å². The van der Waals surface area contributed by atoms with Gasteiger partial charge in [0.1, 0.15) is 0 Å². The lowest BCUT2D eigenvalue weighted by Crippen LogP contribution is -2.36. The number of halogens is 1. The van der Waals surface area contributed by atoms with Crippen LogP contribution >= 0.6 is 11.6 Å². The second kappa shape index (κ2) is 7.68. The van der Waals surface area contributed by atoms with Gasteiger partial charge in [-0.05, 0) is 49.2 Å². The summed E-state index contributed by atoms with van der Waals surface area (Å²) in [4.78, 5) is 11.4. The Bertz CT molecular complexity index is 580. The third-order valence-electron chi connectivity index (χ3n) is 3.85. The fourth-order valence-electron chi connectivity index (χ4n) is 2.56. The molecule has 0 spiro atoms. The molecule has 0 N–H and O–H groups in total. The number of ether oxygens (including phenoxy) is 1. The van der Waals surface area contributed by atoms with Crippen molar-refractivity contribution < 1.29 is 4.74 Å². The van der Waals surface area contributed by atoms with Crippen LogP contribution in [0.5, 0.6) is 0 Å². The van der Waals surface area contributed by atoms with Gasteiger partial charge < -0.3 is 4.74 Å². The quantitative estimate of drug-likeness (QED) is 0.849. The fourth-order valence-corrected chi connectivity index (χ4v) is 2.69. The highest BCUT2D eigenvalue weighted by atomic mass is 35.5. The summed E-state index contributed by atoms with van der Waals surface area (Å²) in [6.07, 6.45) is 5.99. The number of aromatic nitrogens is 2. The van der Waals surface area contributed by atoms with E-state index in [1.807, 2.05) is 36.7 Å². The van der Waals surface area contributed by atoms with Crippen molar-refractivity contribution in [2.24, 2.45) is 0 Å². The van der Waals surface area contributed by atoms with Gasteiger partial charge in [0.05, 0.1) is 13.2 Å². The second-order valence-electron chi connectivity index (χ2n) is 5.48. The molecule has 0 atom stereocenters. The Labute approximate surface area is 136 Å². The summed E-state index contributed by atoms with van der Waals surface area (Å²) in [7, 11) is 0. The van der Waals surface area contributed by atoms with Crippen molar-refractivity contribution in [3.8, 4) is 11.4 Å². The SMILES string of the molecule is Clc1ccc(-c2ncc(CCCN3CCOCC3)cn2)cc1. The van der Waals surface area contributed by atoms with Crippen LogP contribution in [0.4, 0.5) is 0 Å². The van der Waals surface area contributed by atoms with Crippen LogP contribution in [-0.2, 0) is 11.2 Å². The number of hydrogen-bond acceptors (Lipinski definition) is 4. The molecule has 1 aromatic carbocycles. The molecule has 0 radical (unpaired) electrons. The van der Waals surface area contributed by atoms with E-state index in [0.29, 0.717) is 0 Å². The average molecular weight is 318 g/mol. The van der Waals surface area contributed by atoms with Crippen molar-refractivity contribution in [1.82, 2.24) is 14.9 Å². The number of aryl methyl sites for hydroxylation is 1. The summed E-state index contributed by atoms with van der Waals surface area (Å²) >= 11 is 5.89. The van der Waals surface area contributed by atoms with Gasteiger partial charge >= 0.3 is 0 Å². The van der Waals surface area contributed by atoms with Gasteiger partial charge in [-0.3, -0.25) is 4.90 Å². The van der Waals surface area contributed by atoms with Gasteiger partial charge in [-0.2, -0.15) is 0 Å². The van der Waals surface area contributed by atoms with Crippen LogP contribution in [0, 0.1) is 0 Å². The molecule has 3 rings (SSSR count). The molecule has 1 aliphatic rings. The van der Waals surface area contributed by atoms with Crippen LogP contribution in [0.25, 0.3) is 11.4 Å². The molecule has 0 unspecified atom stereocenters. The van der Waals surface area contributed by atoms with Crippen molar-refractivity contribution in [3.05, 3.63) is 47.2 Å². The van der Waals surface area contributed by atoms with Crippen LogP contribution in [0.15, 0.2) is 36.7 Å². The third kappa shape index (κ3) is 4.26. The Balaban J connectivity index is 1.51. The van der Waals surface area contributed by atoms with Gasteiger partial charge in [-0.15, -0.1) is 0 Å². The highest BCUT2D eigenvalue weighted by Crippen LogP contribution is 2.17. The van der Waals surface area contributed by atoms with Gasteiger partial charge in [-0.25, -0.2) is 9.97 Å². The highest BCUT2D eigenvalue weighted by Gasteiger charge is 2.09. The molecule has 1 saturated heterocycles. The van der Waals surface area contributed by atoms with Crippen molar-refractivity contribution in [2.45, 2.75) is 12.8 Å². The first-order valence-corrected chi connectivity index (χ1v) is 8.06. The van der Waals surface area contributed by atoms with Crippen LogP contribution in [0.3, 0.4) is 0 Å². The third-order valence-corrected chi connectivity index (χ3v) is 4.10. The molecule has 5 heteroatoms. The summed E-state index contributed by atoms with van der Waals surface area (Å²) in [5.74, 6) is 0.744.